The van der Waals surface area contributed by atoms with E-state index in [0.29, 0.717) is 15.9 Å². The van der Waals surface area contributed by atoms with Gasteiger partial charge in [-0.25, -0.2) is 9.97 Å². The third kappa shape index (κ3) is 3.43. The Morgan fingerprint density at radius 3 is 2.68 bits per heavy atom. The minimum atomic E-state index is -0.311. The Hall–Kier alpha value is -1.17. The first kappa shape index (κ1) is 14.2. The van der Waals surface area contributed by atoms with Gasteiger partial charge in [-0.15, -0.1) is 0 Å². The largest absolute Gasteiger partial charge is 0.319 e. The number of hydrogen-bond donors (Lipinski definition) is 1. The molecule has 0 unspecified atom stereocenters. The molecule has 19 heavy (non-hydrogen) atoms. The minimum Gasteiger partial charge on any atom is -0.319 e. The molecule has 0 atom stereocenters. The van der Waals surface area contributed by atoms with E-state index in [1.807, 2.05) is 0 Å². The minimum absolute atomic E-state index is 0.156. The molecular weight excluding hydrogens is 353 g/mol. The fourth-order valence-electron chi connectivity index (χ4n) is 1.44. The molecule has 2 rings (SSSR count). The Balaban J connectivity index is 2.26. The maximum Gasteiger partial charge on any atom is 0.257 e. The summed E-state index contributed by atoms with van der Waals surface area (Å²) in [6.45, 7) is 1.79. The van der Waals surface area contributed by atoms with Gasteiger partial charge in [-0.3, -0.25) is 4.79 Å². The van der Waals surface area contributed by atoms with Crippen LogP contribution in [0.1, 0.15) is 15.9 Å². The lowest BCUT2D eigenvalue weighted by molar-refractivity contribution is 0.102. The van der Waals surface area contributed by atoms with Gasteiger partial charge in [0.25, 0.3) is 5.91 Å². The zero-order valence-corrected chi connectivity index (χ0v) is 12.8. The number of aromatic nitrogens is 2. The van der Waals surface area contributed by atoms with Crippen LogP contribution >= 0.6 is 39.1 Å². The number of nitrogens with zero attached hydrogens (tertiary/aromatic N) is 2. The quantitative estimate of drug-likeness (QED) is 0.820. The number of aryl methyl sites for hydroxylation is 1. The van der Waals surface area contributed by atoms with Crippen molar-refractivity contribution in [3.8, 4) is 0 Å². The third-order valence-corrected chi connectivity index (χ3v) is 3.31. The van der Waals surface area contributed by atoms with Gasteiger partial charge in [-0.2, -0.15) is 0 Å². The SMILES string of the molecule is Cc1cc(Cl)nc(Cl)c1NC(=O)c1ccc(Br)nc1. The second kappa shape index (κ2) is 5.86. The van der Waals surface area contributed by atoms with Crippen LogP contribution in [0.2, 0.25) is 10.3 Å². The lowest BCUT2D eigenvalue weighted by Crippen LogP contribution is -2.13. The van der Waals surface area contributed by atoms with E-state index in [2.05, 4.69) is 31.2 Å². The number of anilines is 1. The fraction of sp³-hybridized carbons (Fsp3) is 0.0833. The van der Waals surface area contributed by atoms with E-state index in [1.165, 1.54) is 6.20 Å². The Bertz CT molecular complexity index is 608. The molecule has 0 aliphatic heterocycles. The molecule has 0 aliphatic rings. The molecule has 0 saturated carbocycles. The standard InChI is InChI=1S/C12H8BrCl2N3O/c1-6-4-9(14)17-11(15)10(6)18-12(19)7-2-3-8(13)16-5-7/h2-5H,1H3,(H,18,19). The van der Waals surface area contributed by atoms with Gasteiger partial charge in [0, 0.05) is 6.20 Å². The highest BCUT2D eigenvalue weighted by Crippen LogP contribution is 2.26. The molecule has 2 aromatic heterocycles. The molecule has 0 aliphatic carbocycles. The molecule has 0 bridgehead atoms. The fourth-order valence-corrected chi connectivity index (χ4v) is 2.25. The van der Waals surface area contributed by atoms with Crippen molar-refractivity contribution in [3.63, 3.8) is 0 Å². The second-order valence-corrected chi connectivity index (χ2v) is 5.31. The molecule has 4 nitrogen and oxygen atoms in total. The van der Waals surface area contributed by atoms with Crippen LogP contribution in [0.15, 0.2) is 29.0 Å². The van der Waals surface area contributed by atoms with Crippen LogP contribution in [0.3, 0.4) is 0 Å². The third-order valence-electron chi connectivity index (χ3n) is 2.37. The normalized spacial score (nSPS) is 10.3. The van der Waals surface area contributed by atoms with Gasteiger partial charge >= 0.3 is 0 Å². The van der Waals surface area contributed by atoms with Crippen LogP contribution in [0, 0.1) is 6.92 Å². The van der Waals surface area contributed by atoms with Crippen LogP contribution in [0.25, 0.3) is 0 Å². The van der Waals surface area contributed by atoms with Crippen LogP contribution in [-0.2, 0) is 0 Å². The molecule has 2 aromatic rings. The summed E-state index contributed by atoms with van der Waals surface area (Å²) >= 11 is 14.9. The first-order valence-electron chi connectivity index (χ1n) is 5.23. The van der Waals surface area contributed by atoms with Crippen LogP contribution in [0.4, 0.5) is 5.69 Å². The highest BCUT2D eigenvalue weighted by Gasteiger charge is 2.12. The molecule has 0 aromatic carbocycles. The van der Waals surface area contributed by atoms with Crippen LogP contribution in [-0.4, -0.2) is 15.9 Å². The number of pyridine rings is 2. The highest BCUT2D eigenvalue weighted by atomic mass is 79.9. The maximum atomic E-state index is 12.0. The highest BCUT2D eigenvalue weighted by molar-refractivity contribution is 9.10. The summed E-state index contributed by atoms with van der Waals surface area (Å²) in [6.07, 6.45) is 1.46. The van der Waals surface area contributed by atoms with Gasteiger partial charge < -0.3 is 5.32 Å². The summed E-state index contributed by atoms with van der Waals surface area (Å²) in [6, 6.07) is 4.96. The van der Waals surface area contributed by atoms with Crippen molar-refractivity contribution in [3.05, 3.63) is 50.4 Å². The van der Waals surface area contributed by atoms with E-state index in [1.54, 1.807) is 25.1 Å². The summed E-state index contributed by atoms with van der Waals surface area (Å²) in [5.41, 5.74) is 1.61. The van der Waals surface area contributed by atoms with Crippen molar-refractivity contribution in [2.75, 3.05) is 5.32 Å². The Morgan fingerprint density at radius 1 is 1.37 bits per heavy atom. The molecule has 0 radical (unpaired) electrons. The Labute approximate surface area is 128 Å². The van der Waals surface area contributed by atoms with Gasteiger partial charge in [0.05, 0.1) is 11.3 Å². The first-order valence-corrected chi connectivity index (χ1v) is 6.78. The summed E-state index contributed by atoms with van der Waals surface area (Å²) in [5.74, 6) is -0.311. The Kier molecular flexibility index (Phi) is 4.39. The average Bonchev–Trinajstić information content (AvgIpc) is 2.34. The molecule has 7 heteroatoms. The van der Waals surface area contributed by atoms with Gasteiger partial charge in [-0.05, 0) is 46.6 Å². The van der Waals surface area contributed by atoms with Crippen molar-refractivity contribution in [2.24, 2.45) is 0 Å². The van der Waals surface area contributed by atoms with Gasteiger partial charge in [0.2, 0.25) is 0 Å². The van der Waals surface area contributed by atoms with Crippen molar-refractivity contribution in [2.45, 2.75) is 6.92 Å². The smallest absolute Gasteiger partial charge is 0.257 e. The van der Waals surface area contributed by atoms with Crippen molar-refractivity contribution in [1.29, 1.82) is 0 Å². The van der Waals surface area contributed by atoms with Crippen molar-refractivity contribution < 1.29 is 4.79 Å². The topological polar surface area (TPSA) is 54.9 Å². The number of carbonyl (C=O) groups is 1. The zero-order chi connectivity index (χ0) is 14.0. The average molecular weight is 361 g/mol. The van der Waals surface area contributed by atoms with E-state index in [4.69, 9.17) is 23.2 Å². The number of halogens is 3. The second-order valence-electron chi connectivity index (χ2n) is 3.75. The van der Waals surface area contributed by atoms with Gasteiger partial charge in [-0.1, -0.05) is 23.2 Å². The van der Waals surface area contributed by atoms with E-state index < -0.39 is 0 Å². The Morgan fingerprint density at radius 2 is 2.11 bits per heavy atom. The molecule has 1 N–H and O–H groups in total. The molecule has 0 fully saturated rings. The molecule has 0 spiro atoms. The number of amides is 1. The molecular formula is C12H8BrCl2N3O. The predicted molar refractivity (Wildman–Crippen MR) is 78.9 cm³/mol. The summed E-state index contributed by atoms with van der Waals surface area (Å²) in [4.78, 5) is 19.9. The molecule has 2 heterocycles. The lowest BCUT2D eigenvalue weighted by atomic mass is 10.2. The zero-order valence-electron chi connectivity index (χ0n) is 9.75. The van der Waals surface area contributed by atoms with Crippen LogP contribution in [0.5, 0.6) is 0 Å². The summed E-state index contributed by atoms with van der Waals surface area (Å²) < 4.78 is 0.659. The van der Waals surface area contributed by atoms with Gasteiger partial charge in [0.15, 0.2) is 5.15 Å². The lowest BCUT2D eigenvalue weighted by Gasteiger charge is -2.10. The molecule has 0 saturated heterocycles. The van der Waals surface area contributed by atoms with Crippen LogP contribution < -0.4 is 5.32 Å². The number of nitrogens with one attached hydrogen (secondary N) is 1. The monoisotopic (exact) mass is 359 g/mol. The molecule has 1 amide bonds. The van der Waals surface area contributed by atoms with E-state index in [-0.39, 0.29) is 16.2 Å². The number of carbonyl (C=O) groups excluding carboxylic acids is 1. The maximum absolute atomic E-state index is 12.0. The molecule has 98 valence electrons. The van der Waals surface area contributed by atoms with Crippen molar-refractivity contribution in [1.82, 2.24) is 9.97 Å². The number of hydrogen-bond acceptors (Lipinski definition) is 3. The predicted octanol–water partition coefficient (Wildman–Crippen LogP) is 4.11. The van der Waals surface area contributed by atoms with Crippen molar-refractivity contribution >= 4 is 50.7 Å². The summed E-state index contributed by atoms with van der Waals surface area (Å²) in [5, 5.41) is 3.13. The van der Waals surface area contributed by atoms with E-state index >= 15 is 0 Å². The first-order chi connectivity index (χ1) is 8.97. The van der Waals surface area contributed by atoms with E-state index in [9.17, 15) is 4.79 Å². The van der Waals surface area contributed by atoms with E-state index in [0.717, 1.165) is 5.56 Å². The van der Waals surface area contributed by atoms with Gasteiger partial charge in [0.1, 0.15) is 9.76 Å². The summed E-state index contributed by atoms with van der Waals surface area (Å²) in [7, 11) is 0. The number of rotatable bonds is 2.